The summed E-state index contributed by atoms with van der Waals surface area (Å²) in [6, 6.07) is 17.9. The van der Waals surface area contributed by atoms with Crippen LogP contribution in [-0.4, -0.2) is 67.6 Å². The summed E-state index contributed by atoms with van der Waals surface area (Å²) >= 11 is 1.46. The van der Waals surface area contributed by atoms with E-state index in [1.807, 2.05) is 30.3 Å². The number of nitrogens with one attached hydrogen (secondary N) is 3. The van der Waals surface area contributed by atoms with Crippen molar-refractivity contribution in [1.82, 2.24) is 20.9 Å². The number of hydrogen-bond donors (Lipinski definition) is 3. The van der Waals surface area contributed by atoms with Crippen LogP contribution in [0.2, 0.25) is 0 Å². The minimum Gasteiger partial charge on any atom is -0.489 e. The Bertz CT molecular complexity index is 1220. The van der Waals surface area contributed by atoms with E-state index < -0.39 is 6.04 Å². The van der Waals surface area contributed by atoms with Crippen LogP contribution < -0.4 is 20.7 Å². The van der Waals surface area contributed by atoms with Crippen LogP contribution in [-0.2, 0) is 11.2 Å². The van der Waals surface area contributed by atoms with Gasteiger partial charge in [-0.15, -0.1) is 11.3 Å². The first kappa shape index (κ1) is 27.6. The average molecular weight is 549 g/mol. The topological polar surface area (TPSA) is 82.7 Å². The van der Waals surface area contributed by atoms with E-state index in [9.17, 15) is 9.59 Å². The number of hydrogen-bond acceptors (Lipinski definition) is 6. The molecular formula is C31H40N4O3S. The average Bonchev–Trinajstić information content (AvgIpc) is 3.69. The molecule has 2 aliphatic rings. The molecule has 0 aliphatic carbocycles. The number of fused-ring (bicyclic) bond motifs is 1. The summed E-state index contributed by atoms with van der Waals surface area (Å²) in [6.07, 6.45) is 3.83. The lowest BCUT2D eigenvalue weighted by atomic mass is 10.0. The largest absolute Gasteiger partial charge is 0.489 e. The molecule has 0 radical (unpaired) electrons. The highest BCUT2D eigenvalue weighted by Crippen LogP contribution is 2.25. The number of thiophene rings is 1. The summed E-state index contributed by atoms with van der Waals surface area (Å²) in [4.78, 5) is 29.3. The molecule has 3 N–H and O–H groups in total. The number of amides is 2. The Hall–Kier alpha value is -2.94. The van der Waals surface area contributed by atoms with Gasteiger partial charge >= 0.3 is 0 Å². The second-order valence-electron chi connectivity index (χ2n) is 11.2. The van der Waals surface area contributed by atoms with Gasteiger partial charge in [-0.25, -0.2) is 0 Å². The third kappa shape index (κ3) is 7.59. The first-order valence-electron chi connectivity index (χ1n) is 14.2. The lowest BCUT2D eigenvalue weighted by Gasteiger charge is -2.22. The predicted molar refractivity (Wildman–Crippen MR) is 158 cm³/mol. The molecule has 0 spiro atoms. The van der Waals surface area contributed by atoms with Crippen molar-refractivity contribution in [3.63, 3.8) is 0 Å². The fourth-order valence-electron chi connectivity index (χ4n) is 5.42. The van der Waals surface area contributed by atoms with E-state index in [1.54, 1.807) is 0 Å². The number of ether oxygens (including phenoxy) is 1. The molecule has 2 fully saturated rings. The summed E-state index contributed by atoms with van der Waals surface area (Å²) in [5.74, 6) is 0.960. The van der Waals surface area contributed by atoms with Gasteiger partial charge in [0.1, 0.15) is 17.9 Å². The highest BCUT2D eigenvalue weighted by molar-refractivity contribution is 7.20. The molecule has 3 aromatic rings. The highest BCUT2D eigenvalue weighted by atomic mass is 32.1. The molecule has 5 rings (SSSR count). The van der Waals surface area contributed by atoms with E-state index in [4.69, 9.17) is 4.74 Å². The van der Waals surface area contributed by atoms with Crippen molar-refractivity contribution in [2.24, 2.45) is 5.92 Å². The standard InChI is InChI=1S/C31H40N4O3S/c1-21(2)17-27(34-31(37)29-18-23-5-3-4-6-28(23)39-29)30(36)33-24-13-16-35(20-24)15-12-22-7-9-25(10-8-22)38-26-11-14-32-19-26/h3-10,18,21,24,26-27,32H,11-17,19-20H2,1-2H3,(H,33,36)(H,34,37)/t24-,26-,27-/m0/s1. The normalized spacial score (nSPS) is 20.4. The monoisotopic (exact) mass is 548 g/mol. The summed E-state index contributed by atoms with van der Waals surface area (Å²) in [6.45, 7) is 8.85. The van der Waals surface area contributed by atoms with Gasteiger partial charge in [0.15, 0.2) is 0 Å². The van der Waals surface area contributed by atoms with Crippen LogP contribution in [0.15, 0.2) is 54.6 Å². The van der Waals surface area contributed by atoms with Gasteiger partial charge in [-0.05, 0) is 73.4 Å². The molecule has 1 aromatic heterocycles. The van der Waals surface area contributed by atoms with Gasteiger partial charge in [-0.1, -0.05) is 44.2 Å². The van der Waals surface area contributed by atoms with Gasteiger partial charge < -0.3 is 25.6 Å². The Morgan fingerprint density at radius 3 is 2.69 bits per heavy atom. The molecule has 0 saturated carbocycles. The quantitative estimate of drug-likeness (QED) is 0.334. The van der Waals surface area contributed by atoms with E-state index >= 15 is 0 Å². The Balaban J connectivity index is 1.09. The van der Waals surface area contributed by atoms with Crippen LogP contribution in [0.25, 0.3) is 10.1 Å². The summed E-state index contributed by atoms with van der Waals surface area (Å²) in [5, 5.41) is 10.6. The van der Waals surface area contributed by atoms with Crippen LogP contribution >= 0.6 is 11.3 Å². The van der Waals surface area contributed by atoms with Crippen molar-refractivity contribution in [2.75, 3.05) is 32.7 Å². The van der Waals surface area contributed by atoms with Gasteiger partial charge in [-0.3, -0.25) is 9.59 Å². The zero-order valence-corrected chi connectivity index (χ0v) is 23.8. The second-order valence-corrected chi connectivity index (χ2v) is 12.3. The first-order chi connectivity index (χ1) is 18.9. The third-order valence-corrected chi connectivity index (χ3v) is 8.67. The van der Waals surface area contributed by atoms with E-state index in [1.165, 1.54) is 16.9 Å². The maximum atomic E-state index is 13.3. The molecule has 8 heteroatoms. The van der Waals surface area contributed by atoms with Crippen molar-refractivity contribution < 1.29 is 14.3 Å². The number of rotatable bonds is 11. The fraction of sp³-hybridized carbons (Fsp3) is 0.484. The van der Waals surface area contributed by atoms with E-state index in [0.717, 1.165) is 67.8 Å². The molecule has 208 valence electrons. The van der Waals surface area contributed by atoms with Gasteiger partial charge in [0.05, 0.1) is 4.88 Å². The molecule has 3 heterocycles. The molecule has 7 nitrogen and oxygen atoms in total. The molecule has 2 saturated heterocycles. The smallest absolute Gasteiger partial charge is 0.262 e. The number of nitrogens with zero attached hydrogens (tertiary/aromatic N) is 1. The molecule has 0 unspecified atom stereocenters. The Morgan fingerprint density at radius 2 is 1.95 bits per heavy atom. The van der Waals surface area contributed by atoms with E-state index in [-0.39, 0.29) is 29.9 Å². The van der Waals surface area contributed by atoms with Crippen molar-refractivity contribution >= 4 is 33.2 Å². The van der Waals surface area contributed by atoms with Gasteiger partial charge in [-0.2, -0.15) is 0 Å². The van der Waals surface area contributed by atoms with Crippen molar-refractivity contribution in [2.45, 2.75) is 57.7 Å². The van der Waals surface area contributed by atoms with Crippen LogP contribution in [0.3, 0.4) is 0 Å². The van der Waals surface area contributed by atoms with Crippen LogP contribution in [0.5, 0.6) is 5.75 Å². The maximum absolute atomic E-state index is 13.3. The number of carbonyl (C=O) groups is 2. The predicted octanol–water partition coefficient (Wildman–Crippen LogP) is 4.22. The lowest BCUT2D eigenvalue weighted by Crippen LogP contribution is -2.50. The Morgan fingerprint density at radius 1 is 1.13 bits per heavy atom. The van der Waals surface area contributed by atoms with Crippen molar-refractivity contribution in [3.8, 4) is 5.75 Å². The third-order valence-electron chi connectivity index (χ3n) is 7.55. The van der Waals surface area contributed by atoms with Crippen LogP contribution in [0, 0.1) is 5.92 Å². The first-order valence-corrected chi connectivity index (χ1v) is 15.0. The van der Waals surface area contributed by atoms with Gasteiger partial charge in [0, 0.05) is 36.9 Å². The fourth-order valence-corrected chi connectivity index (χ4v) is 6.39. The summed E-state index contributed by atoms with van der Waals surface area (Å²) < 4.78 is 7.10. The lowest BCUT2D eigenvalue weighted by molar-refractivity contribution is -0.124. The molecular weight excluding hydrogens is 508 g/mol. The van der Waals surface area contributed by atoms with Gasteiger partial charge in [0.2, 0.25) is 5.91 Å². The molecule has 2 aliphatic heterocycles. The van der Waals surface area contributed by atoms with E-state index in [0.29, 0.717) is 11.3 Å². The molecule has 2 aromatic carbocycles. The number of likely N-dealkylation sites (tertiary alicyclic amines) is 1. The minimum absolute atomic E-state index is 0.0851. The highest BCUT2D eigenvalue weighted by Gasteiger charge is 2.29. The SMILES string of the molecule is CC(C)C[C@H](NC(=O)c1cc2ccccc2s1)C(=O)N[C@H]1CCN(CCc2ccc(O[C@H]3CCNC3)cc2)C1. The Kier molecular flexibility index (Phi) is 9.17. The molecule has 2 amide bonds. The summed E-state index contributed by atoms with van der Waals surface area (Å²) in [5.41, 5.74) is 1.29. The summed E-state index contributed by atoms with van der Waals surface area (Å²) in [7, 11) is 0. The molecule has 39 heavy (non-hydrogen) atoms. The Labute approximate surface area is 235 Å². The van der Waals surface area contributed by atoms with Crippen molar-refractivity contribution in [1.29, 1.82) is 0 Å². The van der Waals surface area contributed by atoms with E-state index in [2.05, 4.69) is 59.0 Å². The van der Waals surface area contributed by atoms with Crippen LogP contribution in [0.1, 0.15) is 48.3 Å². The minimum atomic E-state index is -0.544. The zero-order chi connectivity index (χ0) is 27.2. The van der Waals surface area contributed by atoms with Crippen molar-refractivity contribution in [3.05, 3.63) is 65.0 Å². The molecule has 3 atom stereocenters. The zero-order valence-electron chi connectivity index (χ0n) is 22.9. The maximum Gasteiger partial charge on any atom is 0.262 e. The molecule has 0 bridgehead atoms. The number of benzene rings is 2. The number of carbonyl (C=O) groups excluding carboxylic acids is 2. The van der Waals surface area contributed by atoms with Crippen LogP contribution in [0.4, 0.5) is 0 Å². The second kappa shape index (κ2) is 12.9. The van der Waals surface area contributed by atoms with Gasteiger partial charge in [0.25, 0.3) is 5.91 Å².